The smallest absolute Gasteiger partial charge is 0.146 e. The van der Waals surface area contributed by atoms with Crippen LogP contribution in [0.1, 0.15) is 24.1 Å². The first-order valence-electron chi connectivity index (χ1n) is 7.80. The molecule has 2 aromatic rings. The van der Waals surface area contributed by atoms with Crippen molar-refractivity contribution < 1.29 is 0 Å². The van der Waals surface area contributed by atoms with E-state index < -0.39 is 0 Å². The molecule has 3 rings (SSSR count). The van der Waals surface area contributed by atoms with E-state index in [1.165, 1.54) is 0 Å². The number of aryl methyl sites for hydroxylation is 1. The molecule has 1 fully saturated rings. The number of hydrogen-bond donors (Lipinski definition) is 0. The first kappa shape index (κ1) is 15.2. The van der Waals surface area contributed by atoms with Crippen molar-refractivity contribution in [1.29, 1.82) is 5.26 Å². The minimum Gasteiger partial charge on any atom is -0.356 e. The maximum atomic E-state index is 9.22. The van der Waals surface area contributed by atoms with Gasteiger partial charge in [-0.25, -0.2) is 15.0 Å². The maximum Gasteiger partial charge on any atom is 0.146 e. The van der Waals surface area contributed by atoms with E-state index in [9.17, 15) is 5.26 Å². The van der Waals surface area contributed by atoms with Gasteiger partial charge in [-0.1, -0.05) is 0 Å². The first-order chi connectivity index (χ1) is 11.2. The third-order valence-corrected chi connectivity index (χ3v) is 4.37. The van der Waals surface area contributed by atoms with Crippen LogP contribution in [0.25, 0.3) is 0 Å². The van der Waals surface area contributed by atoms with Crippen LogP contribution < -0.4 is 9.80 Å². The second kappa shape index (κ2) is 6.61. The highest BCUT2D eigenvalue weighted by atomic mass is 15.2. The van der Waals surface area contributed by atoms with Crippen LogP contribution in [0.3, 0.4) is 0 Å². The van der Waals surface area contributed by atoms with Gasteiger partial charge in [-0.05, 0) is 31.9 Å². The number of rotatable bonds is 3. The van der Waals surface area contributed by atoms with Crippen molar-refractivity contribution in [3.63, 3.8) is 0 Å². The van der Waals surface area contributed by atoms with Crippen LogP contribution >= 0.6 is 0 Å². The Balaban J connectivity index is 1.68. The molecule has 0 radical (unpaired) electrons. The molecule has 0 N–H and O–H groups in total. The summed E-state index contributed by atoms with van der Waals surface area (Å²) in [6.07, 6.45) is 5.39. The van der Waals surface area contributed by atoms with Crippen molar-refractivity contribution >= 4 is 11.6 Å². The molecule has 0 spiro atoms. The monoisotopic (exact) mass is 308 g/mol. The van der Waals surface area contributed by atoms with E-state index in [2.05, 4.69) is 37.9 Å². The summed E-state index contributed by atoms with van der Waals surface area (Å²) in [4.78, 5) is 17.3. The van der Waals surface area contributed by atoms with Gasteiger partial charge in [-0.2, -0.15) is 5.26 Å². The van der Waals surface area contributed by atoms with Crippen molar-refractivity contribution in [1.82, 2.24) is 15.0 Å². The van der Waals surface area contributed by atoms with Crippen molar-refractivity contribution in [3.05, 3.63) is 42.0 Å². The molecule has 3 heterocycles. The molecule has 6 nitrogen and oxygen atoms in total. The molecule has 1 saturated heterocycles. The number of pyridine rings is 1. The summed E-state index contributed by atoms with van der Waals surface area (Å²) in [5.74, 6) is 1.76. The number of piperidine rings is 1. The number of nitrogens with zero attached hydrogens (tertiary/aromatic N) is 6. The molecule has 6 heteroatoms. The molecule has 0 aliphatic carbocycles. The fourth-order valence-corrected chi connectivity index (χ4v) is 3.02. The Morgan fingerprint density at radius 1 is 1.26 bits per heavy atom. The van der Waals surface area contributed by atoms with E-state index in [4.69, 9.17) is 0 Å². The van der Waals surface area contributed by atoms with E-state index in [-0.39, 0.29) is 0 Å². The van der Waals surface area contributed by atoms with Crippen LogP contribution in [0.5, 0.6) is 0 Å². The van der Waals surface area contributed by atoms with E-state index in [0.29, 0.717) is 11.6 Å². The summed E-state index contributed by atoms with van der Waals surface area (Å²) >= 11 is 0. The average Bonchev–Trinajstić information content (AvgIpc) is 2.61. The Morgan fingerprint density at radius 3 is 2.74 bits per heavy atom. The third kappa shape index (κ3) is 3.24. The maximum absolute atomic E-state index is 9.22. The molecule has 0 atom stereocenters. The van der Waals surface area contributed by atoms with Gasteiger partial charge in [-0.15, -0.1) is 0 Å². The lowest BCUT2D eigenvalue weighted by Crippen LogP contribution is -2.44. The van der Waals surface area contributed by atoms with Crippen LogP contribution in [0.15, 0.2) is 30.7 Å². The summed E-state index contributed by atoms with van der Waals surface area (Å²) in [7, 11) is 2.09. The lowest BCUT2D eigenvalue weighted by Gasteiger charge is -2.38. The predicted molar refractivity (Wildman–Crippen MR) is 89.4 cm³/mol. The molecule has 0 saturated carbocycles. The van der Waals surface area contributed by atoms with Gasteiger partial charge in [0.25, 0.3) is 0 Å². The normalized spacial score (nSPS) is 15.3. The van der Waals surface area contributed by atoms with Crippen molar-refractivity contribution in [2.45, 2.75) is 25.8 Å². The van der Waals surface area contributed by atoms with Gasteiger partial charge < -0.3 is 9.80 Å². The van der Waals surface area contributed by atoms with Crippen molar-refractivity contribution in [3.8, 4) is 6.07 Å². The van der Waals surface area contributed by atoms with Gasteiger partial charge in [0.2, 0.25) is 0 Å². The first-order valence-corrected chi connectivity index (χ1v) is 7.80. The van der Waals surface area contributed by atoms with Gasteiger partial charge in [0.1, 0.15) is 24.0 Å². The second-order valence-corrected chi connectivity index (χ2v) is 5.83. The molecule has 0 amide bonds. The van der Waals surface area contributed by atoms with E-state index in [1.807, 2.05) is 19.1 Å². The molecule has 0 unspecified atom stereocenters. The van der Waals surface area contributed by atoms with Crippen LogP contribution in [-0.2, 0) is 0 Å². The molecule has 2 aromatic heterocycles. The average molecular weight is 308 g/mol. The van der Waals surface area contributed by atoms with Crippen LogP contribution in [0, 0.1) is 18.3 Å². The van der Waals surface area contributed by atoms with Crippen LogP contribution in [0.4, 0.5) is 11.6 Å². The Labute approximate surface area is 136 Å². The van der Waals surface area contributed by atoms with Crippen LogP contribution in [-0.4, -0.2) is 41.1 Å². The fraction of sp³-hybridized carbons (Fsp3) is 0.412. The zero-order valence-electron chi connectivity index (χ0n) is 13.5. The molecule has 0 aromatic carbocycles. The lowest BCUT2D eigenvalue weighted by molar-refractivity contribution is 0.477. The highest BCUT2D eigenvalue weighted by molar-refractivity contribution is 5.54. The molecule has 118 valence electrons. The lowest BCUT2D eigenvalue weighted by atomic mass is 10.0. The molecule has 1 aliphatic heterocycles. The second-order valence-electron chi connectivity index (χ2n) is 5.83. The summed E-state index contributed by atoms with van der Waals surface area (Å²) in [6, 6.07) is 8.31. The molecule has 23 heavy (non-hydrogen) atoms. The van der Waals surface area contributed by atoms with Gasteiger partial charge >= 0.3 is 0 Å². The highest BCUT2D eigenvalue weighted by Gasteiger charge is 2.25. The quantitative estimate of drug-likeness (QED) is 0.865. The molecule has 0 bridgehead atoms. The van der Waals surface area contributed by atoms with Gasteiger partial charge in [-0.3, -0.25) is 0 Å². The van der Waals surface area contributed by atoms with Gasteiger partial charge in [0.15, 0.2) is 0 Å². The molecular formula is C17H20N6. The zero-order valence-corrected chi connectivity index (χ0v) is 13.5. The minimum atomic E-state index is 0.440. The number of hydrogen-bond acceptors (Lipinski definition) is 6. The summed E-state index contributed by atoms with van der Waals surface area (Å²) in [5.41, 5.74) is 1.62. The van der Waals surface area contributed by atoms with Crippen molar-refractivity contribution in [2.75, 3.05) is 29.9 Å². The Morgan fingerprint density at radius 2 is 2.04 bits per heavy atom. The summed E-state index contributed by atoms with van der Waals surface area (Å²) in [5, 5.41) is 9.22. The van der Waals surface area contributed by atoms with E-state index >= 15 is 0 Å². The highest BCUT2D eigenvalue weighted by Crippen LogP contribution is 2.25. The fourth-order valence-electron chi connectivity index (χ4n) is 3.02. The van der Waals surface area contributed by atoms with Crippen molar-refractivity contribution in [2.24, 2.45) is 0 Å². The van der Waals surface area contributed by atoms with Crippen LogP contribution in [0.2, 0.25) is 0 Å². The molecular weight excluding hydrogens is 288 g/mol. The predicted octanol–water partition coefficient (Wildman–Crippen LogP) is 2.16. The molecule has 1 aliphatic rings. The van der Waals surface area contributed by atoms with Gasteiger partial charge in [0, 0.05) is 44.1 Å². The Hall–Kier alpha value is -2.68. The zero-order chi connectivity index (χ0) is 16.2. The SMILES string of the molecule is Cc1cc(N(C)C2CCN(c3ncccc3C#N)CC2)ncn1. The third-order valence-electron chi connectivity index (χ3n) is 4.37. The Bertz CT molecular complexity index is 715. The number of nitriles is 1. The Kier molecular flexibility index (Phi) is 4.38. The minimum absolute atomic E-state index is 0.440. The largest absolute Gasteiger partial charge is 0.356 e. The number of aromatic nitrogens is 3. The summed E-state index contributed by atoms with van der Waals surface area (Å²) in [6.45, 7) is 3.77. The number of anilines is 2. The van der Waals surface area contributed by atoms with E-state index in [0.717, 1.165) is 43.3 Å². The topological polar surface area (TPSA) is 68.9 Å². The standard InChI is InChI=1S/C17H20N6/c1-13-10-16(21-12-20-13)22(2)15-5-8-23(9-6-15)17-14(11-18)4-3-7-19-17/h3-4,7,10,12,15H,5-6,8-9H2,1-2H3. The summed E-state index contributed by atoms with van der Waals surface area (Å²) < 4.78 is 0. The van der Waals surface area contributed by atoms with E-state index in [1.54, 1.807) is 18.6 Å². The van der Waals surface area contributed by atoms with Gasteiger partial charge in [0.05, 0.1) is 5.56 Å².